The van der Waals surface area contributed by atoms with Gasteiger partial charge in [0.2, 0.25) is 11.7 Å². The molecule has 5 aliphatic rings. The molecule has 5 heterocycles. The average molecular weight is 639 g/mol. The van der Waals surface area contributed by atoms with E-state index in [1.165, 1.54) is 11.1 Å². The molecule has 0 saturated carbocycles. The van der Waals surface area contributed by atoms with E-state index in [9.17, 15) is 4.79 Å². The van der Waals surface area contributed by atoms with Crippen LogP contribution in [0.15, 0.2) is 60.7 Å². The van der Waals surface area contributed by atoms with Crippen LogP contribution in [0.25, 0.3) is 0 Å². The van der Waals surface area contributed by atoms with Crippen LogP contribution in [0.5, 0.6) is 46.0 Å². The van der Waals surface area contributed by atoms with Crippen LogP contribution >= 0.6 is 11.6 Å². The fraction of sp³-hybridized carbons (Fsp3) is 0.324. The average Bonchev–Trinajstić information content (AvgIpc) is 3.07. The minimum Gasteiger partial charge on any atom is -0.493 e. The van der Waals surface area contributed by atoms with Gasteiger partial charge in [-0.2, -0.15) is 0 Å². The summed E-state index contributed by atoms with van der Waals surface area (Å²) >= 11 is 6.08. The number of hydrogen-bond donors (Lipinski definition) is 1. The summed E-state index contributed by atoms with van der Waals surface area (Å²) in [7, 11) is 3.31. The summed E-state index contributed by atoms with van der Waals surface area (Å²) in [4.78, 5) is 15.5. The molecule has 236 valence electrons. The molecule has 2 atom stereocenters. The Bertz CT molecular complexity index is 1840. The number of carbonyl (C=O) groups is 1. The van der Waals surface area contributed by atoms with E-state index in [2.05, 4.69) is 41.7 Å². The van der Waals surface area contributed by atoms with Gasteiger partial charge in [-0.25, -0.2) is 0 Å². The highest BCUT2D eigenvalue weighted by atomic mass is 35.5. The molecule has 0 spiro atoms. The molecule has 0 aliphatic carbocycles. The molecular weight excluding hydrogens is 604 g/mol. The highest BCUT2D eigenvalue weighted by Gasteiger charge is 2.39. The van der Waals surface area contributed by atoms with Crippen molar-refractivity contribution in [2.45, 2.75) is 44.2 Å². The zero-order chi connectivity index (χ0) is 31.4. The lowest BCUT2D eigenvalue weighted by Crippen LogP contribution is -2.41. The Hall–Kier alpha value is -4.40. The number of ether oxygens (including phenoxy) is 5. The number of carbonyl (C=O) groups excluding carboxylic acids is 1. The summed E-state index contributed by atoms with van der Waals surface area (Å²) in [5, 5.41) is 3.72. The number of halogens is 1. The molecule has 4 aromatic carbocycles. The van der Waals surface area contributed by atoms with Crippen LogP contribution in [0, 0.1) is 0 Å². The lowest BCUT2D eigenvalue weighted by Gasteiger charge is -2.40. The van der Waals surface area contributed by atoms with E-state index in [0.717, 1.165) is 41.6 Å². The fourth-order valence-electron chi connectivity index (χ4n) is 7.31. The highest BCUT2D eigenvalue weighted by molar-refractivity contribution is 6.18. The third-order valence-corrected chi connectivity index (χ3v) is 9.73. The number of hydrogen-bond acceptors (Lipinski definition) is 7. The summed E-state index contributed by atoms with van der Waals surface area (Å²) in [5.74, 6) is 5.41. The van der Waals surface area contributed by atoms with Gasteiger partial charge in [0.15, 0.2) is 34.5 Å². The van der Waals surface area contributed by atoms with Crippen LogP contribution in [-0.4, -0.2) is 44.0 Å². The first-order chi connectivity index (χ1) is 22.5. The lowest BCUT2D eigenvalue weighted by molar-refractivity contribution is -0.133. The normalized spacial score (nSPS) is 18.9. The molecule has 0 radical (unpaired) electrons. The van der Waals surface area contributed by atoms with E-state index in [-0.39, 0.29) is 30.3 Å². The quantitative estimate of drug-likeness (QED) is 0.205. The summed E-state index contributed by atoms with van der Waals surface area (Å²) in [6.07, 6.45) is 3.14. The summed E-state index contributed by atoms with van der Waals surface area (Å²) in [6.45, 7) is 1.43. The maximum atomic E-state index is 13.5. The Kier molecular flexibility index (Phi) is 7.42. The molecule has 8 nitrogen and oxygen atoms in total. The molecule has 0 saturated heterocycles. The summed E-state index contributed by atoms with van der Waals surface area (Å²) < 4.78 is 31.4. The number of amides is 1. The zero-order valence-electron chi connectivity index (χ0n) is 25.9. The van der Waals surface area contributed by atoms with E-state index in [1.807, 2.05) is 29.2 Å². The molecule has 5 aliphatic heterocycles. The van der Waals surface area contributed by atoms with E-state index < -0.39 is 0 Å². The summed E-state index contributed by atoms with van der Waals surface area (Å²) in [6, 6.07) is 20.2. The summed E-state index contributed by atoms with van der Waals surface area (Å²) in [5.41, 5.74) is 6.62. The Morgan fingerprint density at radius 3 is 2.43 bits per heavy atom. The molecule has 7 bridgehead atoms. The number of methoxy groups -OCH3 is 2. The number of rotatable bonds is 4. The third-order valence-electron chi connectivity index (χ3n) is 9.54. The Balaban J connectivity index is 1.32. The second kappa shape index (κ2) is 11.8. The van der Waals surface area contributed by atoms with Crippen LogP contribution in [0.3, 0.4) is 0 Å². The topological polar surface area (TPSA) is 78.5 Å². The van der Waals surface area contributed by atoms with Crippen molar-refractivity contribution in [1.29, 1.82) is 0 Å². The van der Waals surface area contributed by atoms with Crippen LogP contribution in [0.2, 0.25) is 0 Å². The number of nitrogens with zero attached hydrogens (tertiary/aromatic N) is 1. The van der Waals surface area contributed by atoms with Gasteiger partial charge < -0.3 is 33.9 Å². The van der Waals surface area contributed by atoms with Gasteiger partial charge in [0, 0.05) is 30.5 Å². The first kappa shape index (κ1) is 29.0. The SMILES string of the molecule is COc1ccc2cc1Oc1ccc(cc1)C[C@H]1c3c(cc(OC)c4c3Oc3cc5c(cc3O4)CCN[C@H]5C2)CCN1C(=O)CCCl. The number of nitrogens with one attached hydrogen (secondary N) is 1. The van der Waals surface area contributed by atoms with Crippen LogP contribution in [-0.2, 0) is 30.5 Å². The third kappa shape index (κ3) is 5.00. The predicted molar refractivity (Wildman–Crippen MR) is 174 cm³/mol. The van der Waals surface area contributed by atoms with Crippen LogP contribution in [0.4, 0.5) is 0 Å². The number of fused-ring (bicyclic) bond motifs is 2. The molecular formula is C37H35ClN2O6. The largest absolute Gasteiger partial charge is 0.493 e. The second-order valence-electron chi connectivity index (χ2n) is 12.2. The van der Waals surface area contributed by atoms with Gasteiger partial charge >= 0.3 is 0 Å². The predicted octanol–water partition coefficient (Wildman–Crippen LogP) is 7.43. The first-order valence-electron chi connectivity index (χ1n) is 15.8. The standard InChI is InChI=1S/C37H35ClN2O6/c1-42-29-8-5-22-15-27-26-20-32-31(18-23(26)10-13-39-27)45-36-33(43-2)19-24-11-14-40(34(41)9-12-38)28(35(24)37(36)46-32)16-21-3-6-25(7-4-21)44-30(29)17-22/h3-8,17-20,27-28,39H,9-16H2,1-2H3/t27-,28-/m0/s1. The number of alkyl halides is 1. The van der Waals surface area contributed by atoms with Gasteiger partial charge in [-0.05, 0) is 103 Å². The van der Waals surface area contributed by atoms with Crippen molar-refractivity contribution < 1.29 is 28.5 Å². The van der Waals surface area contributed by atoms with Crippen molar-refractivity contribution in [1.82, 2.24) is 10.2 Å². The molecule has 9 rings (SSSR count). The van der Waals surface area contributed by atoms with Gasteiger partial charge in [-0.1, -0.05) is 18.2 Å². The second-order valence-corrected chi connectivity index (χ2v) is 12.6. The maximum Gasteiger partial charge on any atom is 0.224 e. The smallest absolute Gasteiger partial charge is 0.224 e. The highest BCUT2D eigenvalue weighted by Crippen LogP contribution is 2.56. The Labute approximate surface area is 273 Å². The lowest BCUT2D eigenvalue weighted by atomic mass is 9.86. The van der Waals surface area contributed by atoms with Crippen molar-refractivity contribution in [2.24, 2.45) is 0 Å². The van der Waals surface area contributed by atoms with Crippen molar-refractivity contribution >= 4 is 17.5 Å². The first-order valence-corrected chi connectivity index (χ1v) is 16.3. The van der Waals surface area contributed by atoms with E-state index in [0.29, 0.717) is 65.4 Å². The molecule has 9 heteroatoms. The van der Waals surface area contributed by atoms with Gasteiger partial charge in [0.05, 0.1) is 20.3 Å². The van der Waals surface area contributed by atoms with Gasteiger partial charge in [-0.15, -0.1) is 11.6 Å². The monoisotopic (exact) mass is 638 g/mol. The Morgan fingerprint density at radius 1 is 0.848 bits per heavy atom. The zero-order valence-corrected chi connectivity index (χ0v) is 26.6. The van der Waals surface area contributed by atoms with Crippen LogP contribution in [0.1, 0.15) is 51.9 Å². The van der Waals surface area contributed by atoms with Crippen molar-refractivity contribution in [3.8, 4) is 46.0 Å². The fourth-order valence-corrected chi connectivity index (χ4v) is 7.47. The van der Waals surface area contributed by atoms with E-state index >= 15 is 0 Å². The molecule has 0 aromatic heterocycles. The molecule has 1 N–H and O–H groups in total. The maximum absolute atomic E-state index is 13.5. The number of benzene rings is 4. The molecule has 1 amide bonds. The Morgan fingerprint density at radius 2 is 1.63 bits per heavy atom. The van der Waals surface area contributed by atoms with Gasteiger partial charge in [0.25, 0.3) is 0 Å². The molecule has 46 heavy (non-hydrogen) atoms. The van der Waals surface area contributed by atoms with E-state index in [1.54, 1.807) is 14.2 Å². The molecule has 0 unspecified atom stereocenters. The van der Waals surface area contributed by atoms with Crippen molar-refractivity contribution in [2.75, 3.05) is 33.2 Å². The molecule has 4 aromatic rings. The minimum atomic E-state index is -0.293. The van der Waals surface area contributed by atoms with Gasteiger partial charge in [0.1, 0.15) is 5.75 Å². The van der Waals surface area contributed by atoms with Crippen molar-refractivity contribution in [3.05, 3.63) is 94.0 Å². The van der Waals surface area contributed by atoms with E-state index in [4.69, 9.17) is 35.3 Å². The molecule has 0 fully saturated rings. The van der Waals surface area contributed by atoms with Crippen LogP contribution < -0.4 is 29.0 Å². The minimum absolute atomic E-state index is 0.0180. The van der Waals surface area contributed by atoms with Crippen molar-refractivity contribution in [3.63, 3.8) is 0 Å². The van der Waals surface area contributed by atoms with Gasteiger partial charge in [-0.3, -0.25) is 4.79 Å².